The minimum atomic E-state index is -4.07. The molecule has 0 saturated carbocycles. The van der Waals surface area contributed by atoms with Crippen LogP contribution in [0.3, 0.4) is 0 Å². The fourth-order valence-corrected chi connectivity index (χ4v) is 5.39. The second-order valence-corrected chi connectivity index (χ2v) is 10.2. The molecule has 1 saturated heterocycles. The van der Waals surface area contributed by atoms with E-state index in [0.717, 1.165) is 10.8 Å². The van der Waals surface area contributed by atoms with Gasteiger partial charge < -0.3 is 26.4 Å². The van der Waals surface area contributed by atoms with Crippen LogP contribution in [0.15, 0.2) is 47.4 Å². The molecule has 3 unspecified atom stereocenters. The molecule has 1 fully saturated rings. The van der Waals surface area contributed by atoms with Crippen LogP contribution in [0.4, 0.5) is 0 Å². The lowest BCUT2D eigenvalue weighted by Crippen LogP contribution is -2.55. The molecule has 12 heteroatoms. The van der Waals surface area contributed by atoms with Gasteiger partial charge in [0.25, 0.3) is 0 Å². The van der Waals surface area contributed by atoms with Crippen molar-refractivity contribution in [2.24, 2.45) is 5.73 Å². The van der Waals surface area contributed by atoms with Crippen LogP contribution < -0.4 is 21.1 Å². The summed E-state index contributed by atoms with van der Waals surface area (Å²) in [7, 11) is -4.07. The molecule has 2 amide bonds. The summed E-state index contributed by atoms with van der Waals surface area (Å²) < 4.78 is 28.3. The number of nitrogens with one attached hydrogen (secondary N) is 4. The maximum absolute atomic E-state index is 13.2. The molecule has 2 aromatic rings. The molecule has 0 bridgehead atoms. The fourth-order valence-electron chi connectivity index (χ4n) is 4.18. The van der Waals surface area contributed by atoms with Crippen LogP contribution in [-0.2, 0) is 19.6 Å². The van der Waals surface area contributed by atoms with E-state index in [0.29, 0.717) is 25.8 Å². The predicted molar refractivity (Wildman–Crippen MR) is 132 cm³/mol. The lowest BCUT2D eigenvalue weighted by atomic mass is 10.1. The molecule has 2 aromatic carbocycles. The number of likely N-dealkylation sites (tertiary alicyclic amines) is 1. The lowest BCUT2D eigenvalue weighted by molar-refractivity contribution is -0.135. The molecule has 3 rings (SSSR count). The van der Waals surface area contributed by atoms with Crippen LogP contribution in [0.2, 0.25) is 0 Å². The average molecular weight is 505 g/mol. The number of aliphatic hydroxyl groups is 1. The summed E-state index contributed by atoms with van der Waals surface area (Å²) in [6, 6.07) is 9.60. The van der Waals surface area contributed by atoms with Crippen molar-refractivity contribution in [3.8, 4) is 0 Å². The number of hydrogen-bond acceptors (Lipinski definition) is 6. The normalized spacial score (nSPS) is 17.7. The van der Waals surface area contributed by atoms with Crippen LogP contribution in [0.5, 0.6) is 0 Å². The number of benzene rings is 2. The van der Waals surface area contributed by atoms with Crippen LogP contribution in [0.1, 0.15) is 26.2 Å². The van der Waals surface area contributed by atoms with E-state index in [1.54, 1.807) is 25.1 Å². The second kappa shape index (κ2) is 11.5. The van der Waals surface area contributed by atoms with E-state index in [-0.39, 0.29) is 29.3 Å². The van der Waals surface area contributed by atoms with Crippen molar-refractivity contribution in [1.29, 1.82) is 5.41 Å². The summed E-state index contributed by atoms with van der Waals surface area (Å²) in [6.07, 6.45) is 1.73. The van der Waals surface area contributed by atoms with Crippen LogP contribution in [-0.4, -0.2) is 74.0 Å². The number of amides is 2. The van der Waals surface area contributed by atoms with Gasteiger partial charge in [-0.25, -0.2) is 8.42 Å². The summed E-state index contributed by atoms with van der Waals surface area (Å²) in [6.45, 7) is 1.62. The van der Waals surface area contributed by atoms with Gasteiger partial charge in [-0.05, 0) is 42.2 Å². The zero-order valence-electron chi connectivity index (χ0n) is 19.5. The smallest absolute Gasteiger partial charge is 0.243 e. The number of rotatable bonds is 10. The van der Waals surface area contributed by atoms with Gasteiger partial charge in [-0.2, -0.15) is 4.72 Å². The van der Waals surface area contributed by atoms with Gasteiger partial charge in [0.1, 0.15) is 12.1 Å². The Balaban J connectivity index is 1.67. The van der Waals surface area contributed by atoms with Gasteiger partial charge in [-0.1, -0.05) is 37.3 Å². The molecule has 0 radical (unpaired) electrons. The second-order valence-electron chi connectivity index (χ2n) is 8.46. The number of hydrogen-bond donors (Lipinski definition) is 6. The van der Waals surface area contributed by atoms with Crippen LogP contribution >= 0.6 is 0 Å². The Kier molecular flexibility index (Phi) is 8.65. The predicted octanol–water partition coefficient (Wildman–Crippen LogP) is -0.152. The molecular formula is C23H32N6O5S. The first-order chi connectivity index (χ1) is 16.7. The Hall–Kier alpha value is -3.22. The van der Waals surface area contributed by atoms with E-state index in [9.17, 15) is 23.1 Å². The minimum absolute atomic E-state index is 0.00346. The minimum Gasteiger partial charge on any atom is -0.394 e. The Bertz CT molecular complexity index is 1190. The Morgan fingerprint density at radius 3 is 2.57 bits per heavy atom. The fraction of sp³-hybridized carbons (Fsp3) is 0.435. The number of sulfonamides is 1. The number of nitrogens with zero attached hydrogens (tertiary/aromatic N) is 1. The number of nitrogens with two attached hydrogens (primary N) is 1. The molecule has 11 nitrogen and oxygen atoms in total. The van der Waals surface area contributed by atoms with E-state index in [4.69, 9.17) is 11.1 Å². The molecule has 1 aliphatic heterocycles. The first kappa shape index (κ1) is 26.4. The summed E-state index contributed by atoms with van der Waals surface area (Å²) >= 11 is 0. The number of carbonyl (C=O) groups excluding carboxylic acids is 2. The molecule has 35 heavy (non-hydrogen) atoms. The van der Waals surface area contributed by atoms with Gasteiger partial charge in [-0.15, -0.1) is 0 Å². The van der Waals surface area contributed by atoms with E-state index in [1.807, 2.05) is 12.1 Å². The highest BCUT2D eigenvalue weighted by atomic mass is 32.2. The molecule has 3 atom stereocenters. The van der Waals surface area contributed by atoms with Crippen molar-refractivity contribution in [3.63, 3.8) is 0 Å². The summed E-state index contributed by atoms with van der Waals surface area (Å²) in [4.78, 5) is 27.1. The van der Waals surface area contributed by atoms with Crippen molar-refractivity contribution in [1.82, 2.24) is 20.3 Å². The topological polar surface area (TPSA) is 178 Å². The lowest BCUT2D eigenvalue weighted by Gasteiger charge is -2.29. The monoisotopic (exact) mass is 504 g/mol. The third-order valence-corrected chi connectivity index (χ3v) is 7.51. The highest BCUT2D eigenvalue weighted by Gasteiger charge is 2.35. The quantitative estimate of drug-likeness (QED) is 0.192. The molecule has 1 heterocycles. The van der Waals surface area contributed by atoms with E-state index < -0.39 is 34.6 Å². The highest BCUT2D eigenvalue weighted by molar-refractivity contribution is 7.89. The van der Waals surface area contributed by atoms with Gasteiger partial charge >= 0.3 is 0 Å². The first-order valence-electron chi connectivity index (χ1n) is 11.5. The Morgan fingerprint density at radius 1 is 1.20 bits per heavy atom. The Labute approximate surface area is 204 Å². The van der Waals surface area contributed by atoms with Gasteiger partial charge in [0.15, 0.2) is 5.96 Å². The number of guanidine groups is 1. The summed E-state index contributed by atoms with van der Waals surface area (Å²) in [5.74, 6) is -1.21. The molecule has 1 aliphatic rings. The maximum Gasteiger partial charge on any atom is 0.243 e. The average Bonchev–Trinajstić information content (AvgIpc) is 3.32. The zero-order chi connectivity index (χ0) is 25.6. The van der Waals surface area contributed by atoms with Gasteiger partial charge in [0, 0.05) is 19.1 Å². The van der Waals surface area contributed by atoms with E-state index >= 15 is 0 Å². The molecule has 190 valence electrons. The third-order valence-electron chi connectivity index (χ3n) is 6.04. The third kappa shape index (κ3) is 6.47. The van der Waals surface area contributed by atoms with Crippen molar-refractivity contribution in [2.45, 2.75) is 49.2 Å². The van der Waals surface area contributed by atoms with Gasteiger partial charge in [-0.3, -0.25) is 15.0 Å². The van der Waals surface area contributed by atoms with Gasteiger partial charge in [0.05, 0.1) is 11.5 Å². The van der Waals surface area contributed by atoms with Crippen molar-refractivity contribution < 1.29 is 23.1 Å². The van der Waals surface area contributed by atoms with Crippen molar-refractivity contribution in [2.75, 3.05) is 19.7 Å². The molecule has 0 spiro atoms. The van der Waals surface area contributed by atoms with Crippen molar-refractivity contribution in [3.05, 3.63) is 42.5 Å². The summed E-state index contributed by atoms with van der Waals surface area (Å²) in [5, 5.41) is 24.1. The molecule has 7 N–H and O–H groups in total. The summed E-state index contributed by atoms with van der Waals surface area (Å²) in [5.41, 5.74) is 5.31. The first-order valence-corrected chi connectivity index (χ1v) is 12.9. The van der Waals surface area contributed by atoms with E-state index in [1.165, 1.54) is 17.0 Å². The number of carbonyl (C=O) groups is 2. The molecular weight excluding hydrogens is 472 g/mol. The Morgan fingerprint density at radius 2 is 1.91 bits per heavy atom. The zero-order valence-corrected chi connectivity index (χ0v) is 20.3. The number of fused-ring (bicyclic) bond motifs is 1. The standard InChI is InChI=1S/C23H32N6O5S/c1-2-19(27-23(24)25)21(31)26-13-17-8-5-11-29(17)22(32)20(14-30)28-35(33,34)18-10-9-15-6-3-4-7-16(15)12-18/h3-4,6-7,9-10,12,17,19-20,28,30H,2,5,8,11,13-14H2,1H3,(H,26,31)(H4,24,25,27). The van der Waals surface area contributed by atoms with Crippen LogP contribution in [0, 0.1) is 5.41 Å². The highest BCUT2D eigenvalue weighted by Crippen LogP contribution is 2.21. The van der Waals surface area contributed by atoms with Gasteiger partial charge in [0.2, 0.25) is 21.8 Å². The molecule has 0 aromatic heterocycles. The largest absolute Gasteiger partial charge is 0.394 e. The van der Waals surface area contributed by atoms with Crippen LogP contribution in [0.25, 0.3) is 10.8 Å². The number of aliphatic hydroxyl groups excluding tert-OH is 1. The maximum atomic E-state index is 13.2. The van der Waals surface area contributed by atoms with E-state index in [2.05, 4.69) is 15.4 Å². The SMILES string of the molecule is CCC(NC(=N)N)C(=O)NCC1CCCN1C(=O)C(CO)NS(=O)(=O)c1ccc2ccccc2c1. The van der Waals surface area contributed by atoms with Crippen molar-refractivity contribution >= 4 is 38.6 Å². The molecule has 0 aliphatic carbocycles.